The largest absolute Gasteiger partial charge is 0.383 e. The fourth-order valence-corrected chi connectivity index (χ4v) is 5.79. The lowest BCUT2D eigenvalue weighted by molar-refractivity contribution is 0.141. The maximum atomic E-state index is 12.9. The summed E-state index contributed by atoms with van der Waals surface area (Å²) in [5, 5.41) is 0. The minimum absolute atomic E-state index is 0.208. The molecule has 0 bridgehead atoms. The van der Waals surface area contributed by atoms with Crippen LogP contribution in [0.4, 0.5) is 5.82 Å². The van der Waals surface area contributed by atoms with Crippen LogP contribution in [0.5, 0.6) is 0 Å². The Morgan fingerprint density at radius 3 is 2.43 bits per heavy atom. The molecular weight excluding hydrogens is 486 g/mol. The van der Waals surface area contributed by atoms with Crippen LogP contribution in [-0.4, -0.2) is 82.7 Å². The van der Waals surface area contributed by atoms with E-state index in [1.54, 1.807) is 19.2 Å². The van der Waals surface area contributed by atoms with Gasteiger partial charge in [-0.3, -0.25) is 4.90 Å². The van der Waals surface area contributed by atoms with Gasteiger partial charge in [0.05, 0.1) is 6.61 Å². The molecule has 0 radical (unpaired) electrons. The van der Waals surface area contributed by atoms with E-state index >= 15 is 0 Å². The Kier molecular flexibility index (Phi) is 11.3. The monoisotopic (exact) mass is 531 g/mol. The van der Waals surface area contributed by atoms with E-state index in [0.29, 0.717) is 25.0 Å². The number of aromatic nitrogens is 1. The zero-order chi connectivity index (χ0) is 26.8. The molecule has 1 N–H and O–H groups in total. The summed E-state index contributed by atoms with van der Waals surface area (Å²) in [7, 11) is 0.117. The van der Waals surface area contributed by atoms with E-state index in [1.807, 2.05) is 11.9 Å². The Morgan fingerprint density at radius 2 is 1.84 bits per heavy atom. The number of anilines is 1. The summed E-state index contributed by atoms with van der Waals surface area (Å²) < 4.78 is 33.7. The lowest BCUT2D eigenvalue weighted by Crippen LogP contribution is -2.43. The predicted molar refractivity (Wildman–Crippen MR) is 150 cm³/mol. The summed E-state index contributed by atoms with van der Waals surface area (Å²) in [5.74, 6) is 1.07. The van der Waals surface area contributed by atoms with Crippen LogP contribution in [0.1, 0.15) is 44.7 Å². The smallest absolute Gasteiger partial charge is 0.242 e. The normalized spacial score (nSPS) is 17.0. The van der Waals surface area contributed by atoms with Gasteiger partial charge in [-0.2, -0.15) is 0 Å². The first-order chi connectivity index (χ1) is 17.7. The molecule has 2 aromatic rings. The van der Waals surface area contributed by atoms with Crippen LogP contribution in [0.2, 0.25) is 0 Å². The molecular formula is C28H45N5O3S. The number of hydrogen-bond acceptors (Lipinski definition) is 7. The van der Waals surface area contributed by atoms with Crippen LogP contribution in [-0.2, 0) is 27.8 Å². The third kappa shape index (κ3) is 9.04. The molecule has 1 fully saturated rings. The van der Waals surface area contributed by atoms with Gasteiger partial charge in [-0.15, -0.1) is 0 Å². The summed E-state index contributed by atoms with van der Waals surface area (Å²) in [6.07, 6.45) is 3.62. The van der Waals surface area contributed by atoms with E-state index in [0.717, 1.165) is 58.0 Å². The number of hydrogen-bond donors (Lipinski definition) is 1. The number of pyridine rings is 1. The molecule has 1 atom stereocenters. The van der Waals surface area contributed by atoms with Crippen molar-refractivity contribution in [3.05, 3.63) is 53.7 Å². The molecule has 0 spiro atoms. The van der Waals surface area contributed by atoms with Crippen LogP contribution >= 0.6 is 0 Å². The SMILES string of the molecule is CCN(CCOC)Cc1ccc(CN(C)c2ccc(S(=O)(=O)NCC3CCCN(C(C)C)C3)cn2)cc1. The van der Waals surface area contributed by atoms with Crippen molar-refractivity contribution in [2.75, 3.05) is 58.4 Å². The Hall–Kier alpha value is -2.04. The van der Waals surface area contributed by atoms with Crippen LogP contribution in [0, 0.1) is 5.92 Å². The lowest BCUT2D eigenvalue weighted by Gasteiger charge is -2.35. The Labute approximate surface area is 224 Å². The van der Waals surface area contributed by atoms with E-state index < -0.39 is 10.0 Å². The number of piperidine rings is 1. The van der Waals surface area contributed by atoms with E-state index in [1.165, 1.54) is 17.3 Å². The van der Waals surface area contributed by atoms with Gasteiger partial charge in [0.1, 0.15) is 10.7 Å². The van der Waals surface area contributed by atoms with Gasteiger partial charge in [-0.05, 0) is 69.0 Å². The average molecular weight is 532 g/mol. The highest BCUT2D eigenvalue weighted by Crippen LogP contribution is 2.20. The number of ether oxygens (including phenoxy) is 1. The Morgan fingerprint density at radius 1 is 1.14 bits per heavy atom. The summed E-state index contributed by atoms with van der Waals surface area (Å²) >= 11 is 0. The fourth-order valence-electron chi connectivity index (χ4n) is 4.73. The Balaban J connectivity index is 1.52. The second kappa shape index (κ2) is 14.2. The van der Waals surface area contributed by atoms with Gasteiger partial charge < -0.3 is 14.5 Å². The standard InChI is InChI=1S/C28H45N5O3S/c1-6-32(16-17-36-5)21-25-11-9-24(10-12-25)20-31(4)28-14-13-27(19-29-28)37(34,35)30-18-26-8-7-15-33(22-26)23(2)3/h9-14,19,23,26,30H,6-8,15-18,20-22H2,1-5H3. The molecule has 1 aliphatic rings. The quantitative estimate of drug-likeness (QED) is 0.399. The van der Waals surface area contributed by atoms with Crippen molar-refractivity contribution in [1.82, 2.24) is 19.5 Å². The van der Waals surface area contributed by atoms with Crippen LogP contribution in [0.25, 0.3) is 0 Å². The first-order valence-corrected chi connectivity index (χ1v) is 14.9. The van der Waals surface area contributed by atoms with Gasteiger partial charge in [0.15, 0.2) is 0 Å². The maximum absolute atomic E-state index is 12.9. The minimum atomic E-state index is -3.58. The maximum Gasteiger partial charge on any atom is 0.242 e. The molecule has 206 valence electrons. The van der Waals surface area contributed by atoms with Crippen molar-refractivity contribution in [2.24, 2.45) is 5.92 Å². The van der Waals surface area contributed by atoms with Crippen molar-refractivity contribution >= 4 is 15.8 Å². The number of likely N-dealkylation sites (tertiary alicyclic amines) is 1. The number of benzene rings is 1. The Bertz CT molecular complexity index is 1040. The fraction of sp³-hybridized carbons (Fsp3) is 0.607. The number of nitrogens with one attached hydrogen (secondary N) is 1. The van der Waals surface area contributed by atoms with Crippen molar-refractivity contribution < 1.29 is 13.2 Å². The molecule has 3 rings (SSSR count). The van der Waals surface area contributed by atoms with E-state index in [2.05, 4.69) is 64.5 Å². The van der Waals surface area contributed by atoms with E-state index in [4.69, 9.17) is 4.74 Å². The first-order valence-electron chi connectivity index (χ1n) is 13.4. The molecule has 1 aromatic heterocycles. The minimum Gasteiger partial charge on any atom is -0.383 e. The zero-order valence-corrected chi connectivity index (χ0v) is 24.0. The van der Waals surface area contributed by atoms with Gasteiger partial charge in [0.2, 0.25) is 10.0 Å². The molecule has 1 unspecified atom stereocenters. The number of likely N-dealkylation sites (N-methyl/N-ethyl adjacent to an activating group) is 1. The van der Waals surface area contributed by atoms with Crippen LogP contribution in [0.15, 0.2) is 47.5 Å². The predicted octanol–water partition coefficient (Wildman–Crippen LogP) is 3.59. The number of nitrogens with zero attached hydrogens (tertiary/aromatic N) is 4. The van der Waals surface area contributed by atoms with Crippen molar-refractivity contribution in [3.63, 3.8) is 0 Å². The zero-order valence-electron chi connectivity index (χ0n) is 23.2. The number of rotatable bonds is 14. The second-order valence-electron chi connectivity index (χ2n) is 10.3. The molecule has 2 heterocycles. The molecule has 1 aromatic carbocycles. The topological polar surface area (TPSA) is 78.0 Å². The average Bonchev–Trinajstić information content (AvgIpc) is 2.91. The molecule has 1 saturated heterocycles. The van der Waals surface area contributed by atoms with Crippen LogP contribution < -0.4 is 9.62 Å². The highest BCUT2D eigenvalue weighted by atomic mass is 32.2. The highest BCUT2D eigenvalue weighted by Gasteiger charge is 2.24. The van der Waals surface area contributed by atoms with Crippen molar-refractivity contribution in [1.29, 1.82) is 0 Å². The van der Waals surface area contributed by atoms with Crippen molar-refractivity contribution in [3.8, 4) is 0 Å². The summed E-state index contributed by atoms with van der Waals surface area (Å²) in [4.78, 5) is 11.5. The van der Waals surface area contributed by atoms with Crippen molar-refractivity contribution in [2.45, 2.75) is 57.6 Å². The van der Waals surface area contributed by atoms with Gasteiger partial charge in [-0.1, -0.05) is 31.2 Å². The van der Waals surface area contributed by atoms with Gasteiger partial charge >= 0.3 is 0 Å². The lowest BCUT2D eigenvalue weighted by atomic mass is 9.97. The number of sulfonamides is 1. The van der Waals surface area contributed by atoms with Gasteiger partial charge in [0, 0.05) is 59.1 Å². The summed E-state index contributed by atoms with van der Waals surface area (Å²) in [5.41, 5.74) is 2.45. The summed E-state index contributed by atoms with van der Waals surface area (Å²) in [6, 6.07) is 12.5. The molecule has 0 saturated carbocycles. The summed E-state index contributed by atoms with van der Waals surface area (Å²) in [6.45, 7) is 13.3. The third-order valence-electron chi connectivity index (χ3n) is 7.17. The molecule has 37 heavy (non-hydrogen) atoms. The van der Waals surface area contributed by atoms with E-state index in [9.17, 15) is 8.42 Å². The third-order valence-corrected chi connectivity index (χ3v) is 8.58. The van der Waals surface area contributed by atoms with Gasteiger partial charge in [0.25, 0.3) is 0 Å². The molecule has 0 aliphatic carbocycles. The van der Waals surface area contributed by atoms with Gasteiger partial charge in [-0.25, -0.2) is 18.1 Å². The first kappa shape index (κ1) is 29.5. The molecule has 1 aliphatic heterocycles. The molecule has 8 nitrogen and oxygen atoms in total. The van der Waals surface area contributed by atoms with E-state index in [-0.39, 0.29) is 4.90 Å². The second-order valence-corrected chi connectivity index (χ2v) is 12.1. The molecule has 0 amide bonds. The highest BCUT2D eigenvalue weighted by molar-refractivity contribution is 7.89. The molecule has 9 heteroatoms. The van der Waals surface area contributed by atoms with Crippen LogP contribution in [0.3, 0.4) is 0 Å². The number of methoxy groups -OCH3 is 1.